The van der Waals surface area contributed by atoms with Crippen molar-refractivity contribution < 1.29 is 9.53 Å². The van der Waals surface area contributed by atoms with Crippen LogP contribution in [0.2, 0.25) is 0 Å². The first kappa shape index (κ1) is 16.0. The van der Waals surface area contributed by atoms with Crippen molar-refractivity contribution in [2.24, 2.45) is 0 Å². The first-order valence-corrected chi connectivity index (χ1v) is 7.48. The fraction of sp³-hybridized carbons (Fsp3) is 0.438. The Labute approximate surface area is 130 Å². The molecule has 2 rings (SSSR count). The number of esters is 1. The third-order valence-electron chi connectivity index (χ3n) is 3.23. The van der Waals surface area contributed by atoms with E-state index in [0.717, 1.165) is 31.0 Å². The van der Waals surface area contributed by atoms with Gasteiger partial charge in [-0.25, -0.2) is 9.78 Å². The fourth-order valence-corrected chi connectivity index (χ4v) is 2.18. The van der Waals surface area contributed by atoms with E-state index in [4.69, 9.17) is 4.74 Å². The third-order valence-corrected chi connectivity index (χ3v) is 3.23. The zero-order valence-corrected chi connectivity index (χ0v) is 13.3. The summed E-state index contributed by atoms with van der Waals surface area (Å²) in [4.78, 5) is 15.7. The molecule has 118 valence electrons. The highest BCUT2D eigenvalue weighted by molar-refractivity contribution is 5.89. The summed E-state index contributed by atoms with van der Waals surface area (Å²) < 4.78 is 6.93. The lowest BCUT2D eigenvalue weighted by atomic mass is 10.3. The van der Waals surface area contributed by atoms with Crippen LogP contribution in [0.15, 0.2) is 24.4 Å². The summed E-state index contributed by atoms with van der Waals surface area (Å²) in [6.45, 7) is 7.87. The van der Waals surface area contributed by atoms with Gasteiger partial charge in [0, 0.05) is 25.0 Å². The molecule has 0 fully saturated rings. The summed E-state index contributed by atoms with van der Waals surface area (Å²) in [5, 5.41) is 7.66. The number of nitrogens with one attached hydrogen (secondary N) is 1. The van der Waals surface area contributed by atoms with Crippen molar-refractivity contribution in [3.8, 4) is 0 Å². The van der Waals surface area contributed by atoms with E-state index in [0.29, 0.717) is 12.2 Å². The molecule has 0 amide bonds. The molecular formula is C16H22N4O2. The lowest BCUT2D eigenvalue weighted by Crippen LogP contribution is -2.10. The Kier molecular flexibility index (Phi) is 5.52. The molecule has 0 saturated carbocycles. The molecule has 0 aliphatic carbocycles. The highest BCUT2D eigenvalue weighted by Crippen LogP contribution is 2.07. The topological polar surface area (TPSA) is 69.0 Å². The van der Waals surface area contributed by atoms with Crippen LogP contribution in [0.3, 0.4) is 0 Å². The summed E-state index contributed by atoms with van der Waals surface area (Å²) in [7, 11) is 0. The van der Waals surface area contributed by atoms with E-state index in [1.807, 2.05) is 11.6 Å². The standard InChI is InChI=1S/C16H22N4O2/c1-4-22-16(21)14-6-7-15(18-11-14)17-8-5-9-20-13(3)10-12(2)19-20/h6-7,10-11H,4-5,8-9H2,1-3H3,(H,17,18). The number of hydrogen-bond donors (Lipinski definition) is 1. The SMILES string of the molecule is CCOC(=O)c1ccc(NCCCn2nc(C)cc2C)nc1. The number of pyridine rings is 1. The number of carbonyl (C=O) groups is 1. The number of aryl methyl sites for hydroxylation is 3. The van der Waals surface area contributed by atoms with Crippen LogP contribution in [-0.4, -0.2) is 33.9 Å². The van der Waals surface area contributed by atoms with E-state index in [1.165, 1.54) is 11.9 Å². The van der Waals surface area contributed by atoms with Crippen molar-refractivity contribution in [1.82, 2.24) is 14.8 Å². The van der Waals surface area contributed by atoms with Crippen molar-refractivity contribution in [2.75, 3.05) is 18.5 Å². The van der Waals surface area contributed by atoms with Crippen LogP contribution in [0.4, 0.5) is 5.82 Å². The molecule has 0 aromatic carbocycles. The van der Waals surface area contributed by atoms with E-state index < -0.39 is 0 Å². The van der Waals surface area contributed by atoms with Gasteiger partial charge in [-0.2, -0.15) is 5.10 Å². The predicted octanol–water partition coefficient (Wildman–Crippen LogP) is 2.57. The lowest BCUT2D eigenvalue weighted by molar-refractivity contribution is 0.0526. The summed E-state index contributed by atoms with van der Waals surface area (Å²) >= 11 is 0. The lowest BCUT2D eigenvalue weighted by Gasteiger charge is -2.07. The molecule has 0 atom stereocenters. The summed E-state index contributed by atoms with van der Waals surface area (Å²) in [6, 6.07) is 5.58. The molecule has 0 spiro atoms. The van der Waals surface area contributed by atoms with Crippen LogP contribution in [0, 0.1) is 13.8 Å². The van der Waals surface area contributed by atoms with Crippen molar-refractivity contribution in [3.05, 3.63) is 41.3 Å². The van der Waals surface area contributed by atoms with E-state index in [2.05, 4.69) is 28.4 Å². The van der Waals surface area contributed by atoms with Crippen molar-refractivity contribution in [1.29, 1.82) is 0 Å². The molecule has 0 unspecified atom stereocenters. The fourth-order valence-electron chi connectivity index (χ4n) is 2.18. The molecule has 2 aromatic heterocycles. The molecule has 1 N–H and O–H groups in total. The predicted molar refractivity (Wildman–Crippen MR) is 85.0 cm³/mol. The first-order chi connectivity index (χ1) is 10.6. The number of anilines is 1. The Bertz CT molecular complexity index is 620. The number of ether oxygens (including phenoxy) is 1. The van der Waals surface area contributed by atoms with E-state index in [1.54, 1.807) is 19.1 Å². The maximum Gasteiger partial charge on any atom is 0.339 e. The van der Waals surface area contributed by atoms with Gasteiger partial charge in [0.05, 0.1) is 17.9 Å². The molecule has 0 aliphatic heterocycles. The second kappa shape index (κ2) is 7.59. The maximum absolute atomic E-state index is 11.5. The highest BCUT2D eigenvalue weighted by Gasteiger charge is 2.06. The van der Waals surface area contributed by atoms with Crippen LogP contribution in [-0.2, 0) is 11.3 Å². The Balaban J connectivity index is 1.77. The maximum atomic E-state index is 11.5. The van der Waals surface area contributed by atoms with Crippen LogP contribution < -0.4 is 5.32 Å². The number of hydrogen-bond acceptors (Lipinski definition) is 5. The summed E-state index contributed by atoms with van der Waals surface area (Å²) in [6.07, 6.45) is 2.48. The molecule has 6 heteroatoms. The van der Waals surface area contributed by atoms with Gasteiger partial charge in [0.1, 0.15) is 5.82 Å². The van der Waals surface area contributed by atoms with Gasteiger partial charge in [0.15, 0.2) is 0 Å². The molecular weight excluding hydrogens is 280 g/mol. The molecule has 0 radical (unpaired) electrons. The third kappa shape index (κ3) is 4.31. The van der Waals surface area contributed by atoms with Gasteiger partial charge >= 0.3 is 5.97 Å². The minimum absolute atomic E-state index is 0.342. The highest BCUT2D eigenvalue weighted by atomic mass is 16.5. The van der Waals surface area contributed by atoms with Gasteiger partial charge < -0.3 is 10.1 Å². The van der Waals surface area contributed by atoms with Crippen LogP contribution in [0.5, 0.6) is 0 Å². The second-order valence-electron chi connectivity index (χ2n) is 5.08. The molecule has 2 heterocycles. The molecule has 0 aliphatic rings. The average Bonchev–Trinajstić information content (AvgIpc) is 2.82. The normalized spacial score (nSPS) is 10.5. The Hall–Kier alpha value is -2.37. The van der Waals surface area contributed by atoms with Gasteiger partial charge in [-0.3, -0.25) is 4.68 Å². The van der Waals surface area contributed by atoms with Crippen molar-refractivity contribution >= 4 is 11.8 Å². The zero-order chi connectivity index (χ0) is 15.9. The largest absolute Gasteiger partial charge is 0.462 e. The van der Waals surface area contributed by atoms with Gasteiger partial charge in [-0.1, -0.05) is 0 Å². The molecule has 0 saturated heterocycles. The van der Waals surface area contributed by atoms with Gasteiger partial charge in [0.2, 0.25) is 0 Å². The molecule has 22 heavy (non-hydrogen) atoms. The summed E-state index contributed by atoms with van der Waals surface area (Å²) in [5.74, 6) is 0.410. The van der Waals surface area contributed by atoms with E-state index in [9.17, 15) is 4.79 Å². The van der Waals surface area contributed by atoms with E-state index >= 15 is 0 Å². The van der Waals surface area contributed by atoms with Crippen LogP contribution in [0.25, 0.3) is 0 Å². The van der Waals surface area contributed by atoms with Gasteiger partial charge in [-0.05, 0) is 45.4 Å². The number of nitrogens with zero attached hydrogens (tertiary/aromatic N) is 3. The van der Waals surface area contributed by atoms with Gasteiger partial charge in [-0.15, -0.1) is 0 Å². The minimum Gasteiger partial charge on any atom is -0.462 e. The molecule has 2 aromatic rings. The average molecular weight is 302 g/mol. The van der Waals surface area contributed by atoms with Gasteiger partial charge in [0.25, 0.3) is 0 Å². The summed E-state index contributed by atoms with van der Waals surface area (Å²) in [5.41, 5.74) is 2.69. The quantitative estimate of drug-likeness (QED) is 0.629. The first-order valence-electron chi connectivity index (χ1n) is 7.48. The van der Waals surface area contributed by atoms with Crippen LogP contribution >= 0.6 is 0 Å². The Morgan fingerprint density at radius 3 is 2.77 bits per heavy atom. The number of rotatable bonds is 7. The molecule has 6 nitrogen and oxygen atoms in total. The Morgan fingerprint density at radius 2 is 2.18 bits per heavy atom. The monoisotopic (exact) mass is 302 g/mol. The van der Waals surface area contributed by atoms with Crippen molar-refractivity contribution in [2.45, 2.75) is 33.7 Å². The van der Waals surface area contributed by atoms with Crippen LogP contribution in [0.1, 0.15) is 35.1 Å². The smallest absolute Gasteiger partial charge is 0.339 e. The molecule has 0 bridgehead atoms. The Morgan fingerprint density at radius 1 is 1.36 bits per heavy atom. The zero-order valence-electron chi connectivity index (χ0n) is 13.3. The second-order valence-corrected chi connectivity index (χ2v) is 5.08. The van der Waals surface area contributed by atoms with E-state index in [-0.39, 0.29) is 5.97 Å². The van der Waals surface area contributed by atoms with Crippen molar-refractivity contribution in [3.63, 3.8) is 0 Å². The number of carbonyl (C=O) groups excluding carboxylic acids is 1. The minimum atomic E-state index is -0.342. The number of aromatic nitrogens is 3.